The van der Waals surface area contributed by atoms with Crippen LogP contribution in [0.4, 0.5) is 0 Å². The van der Waals surface area contributed by atoms with Crippen molar-refractivity contribution in [3.05, 3.63) is 18.0 Å². The van der Waals surface area contributed by atoms with Gasteiger partial charge in [0.1, 0.15) is 5.76 Å². The normalized spacial score (nSPS) is 14.9. The number of ether oxygens (including phenoxy) is 1. The molecule has 0 aliphatic carbocycles. The summed E-state index contributed by atoms with van der Waals surface area (Å²) in [6.07, 6.45) is 2.30. The van der Waals surface area contributed by atoms with Crippen LogP contribution >= 0.6 is 0 Å². The molecule has 1 heterocycles. The lowest BCUT2D eigenvalue weighted by molar-refractivity contribution is -0.00870. The average Bonchev–Trinajstić information content (AvgIpc) is 2.78. The maximum absolute atomic E-state index is 9.73. The van der Waals surface area contributed by atoms with Crippen molar-refractivity contribution in [2.75, 3.05) is 13.2 Å². The number of aliphatic hydroxyl groups excluding tert-OH is 1. The Morgan fingerprint density at radius 3 is 2.83 bits per heavy atom. The van der Waals surface area contributed by atoms with E-state index in [2.05, 4.69) is 24.3 Å². The van der Waals surface area contributed by atoms with Gasteiger partial charge in [0.15, 0.2) is 0 Å². The molecule has 0 saturated carbocycles. The standard InChI is InChI=1S/C13H24N2O3/c1-10(2)6-11(3)17-9-12(16)7-14-8-13-4-5-15-18-13/h4-5,10-12,14,16H,6-9H2,1-3H3. The minimum Gasteiger partial charge on any atom is -0.389 e. The third-order valence-corrected chi connectivity index (χ3v) is 2.55. The van der Waals surface area contributed by atoms with Crippen LogP contribution in [0.3, 0.4) is 0 Å². The van der Waals surface area contributed by atoms with E-state index in [0.29, 0.717) is 25.6 Å². The third-order valence-electron chi connectivity index (χ3n) is 2.55. The zero-order valence-electron chi connectivity index (χ0n) is 11.4. The zero-order valence-corrected chi connectivity index (χ0v) is 11.4. The highest BCUT2D eigenvalue weighted by Gasteiger charge is 2.09. The van der Waals surface area contributed by atoms with Crippen molar-refractivity contribution in [2.24, 2.45) is 5.92 Å². The largest absolute Gasteiger partial charge is 0.389 e. The van der Waals surface area contributed by atoms with Gasteiger partial charge < -0.3 is 19.7 Å². The molecule has 0 bridgehead atoms. The van der Waals surface area contributed by atoms with Crippen LogP contribution in [0.25, 0.3) is 0 Å². The molecular formula is C13H24N2O3. The second-order valence-electron chi connectivity index (χ2n) is 5.04. The lowest BCUT2D eigenvalue weighted by Crippen LogP contribution is -2.31. The summed E-state index contributed by atoms with van der Waals surface area (Å²) in [7, 11) is 0. The van der Waals surface area contributed by atoms with E-state index < -0.39 is 6.10 Å². The molecule has 2 unspecified atom stereocenters. The van der Waals surface area contributed by atoms with Crippen LogP contribution in [0, 0.1) is 5.92 Å². The highest BCUT2D eigenvalue weighted by Crippen LogP contribution is 2.07. The summed E-state index contributed by atoms with van der Waals surface area (Å²) in [5.74, 6) is 1.37. The van der Waals surface area contributed by atoms with Crippen LogP contribution in [0.1, 0.15) is 33.0 Å². The Morgan fingerprint density at radius 1 is 1.44 bits per heavy atom. The van der Waals surface area contributed by atoms with E-state index in [1.54, 1.807) is 12.3 Å². The van der Waals surface area contributed by atoms with Gasteiger partial charge in [0.25, 0.3) is 0 Å². The average molecular weight is 256 g/mol. The van der Waals surface area contributed by atoms with Gasteiger partial charge in [-0.25, -0.2) is 0 Å². The Kier molecular flexibility index (Phi) is 6.93. The molecule has 0 aliphatic rings. The molecule has 1 aromatic heterocycles. The Labute approximate surface area is 109 Å². The number of hydrogen-bond donors (Lipinski definition) is 2. The van der Waals surface area contributed by atoms with Crippen LogP contribution in [-0.4, -0.2) is 35.6 Å². The molecule has 2 atom stereocenters. The molecule has 2 N–H and O–H groups in total. The predicted octanol–water partition coefficient (Wildman–Crippen LogP) is 1.58. The van der Waals surface area contributed by atoms with Gasteiger partial charge in [0, 0.05) is 12.6 Å². The van der Waals surface area contributed by atoms with Gasteiger partial charge in [0.05, 0.1) is 31.6 Å². The number of nitrogens with one attached hydrogen (secondary N) is 1. The van der Waals surface area contributed by atoms with E-state index in [-0.39, 0.29) is 6.10 Å². The summed E-state index contributed by atoms with van der Waals surface area (Å²) in [5, 5.41) is 16.4. The summed E-state index contributed by atoms with van der Waals surface area (Å²) in [6, 6.07) is 1.79. The van der Waals surface area contributed by atoms with Gasteiger partial charge in [-0.15, -0.1) is 0 Å². The summed E-state index contributed by atoms with van der Waals surface area (Å²) in [4.78, 5) is 0. The number of nitrogens with zero attached hydrogens (tertiary/aromatic N) is 1. The first kappa shape index (κ1) is 15.1. The summed E-state index contributed by atoms with van der Waals surface area (Å²) in [6.45, 7) is 7.77. The minimum absolute atomic E-state index is 0.189. The highest BCUT2D eigenvalue weighted by molar-refractivity contribution is 4.91. The number of hydrogen-bond acceptors (Lipinski definition) is 5. The Hall–Kier alpha value is -0.910. The first-order chi connectivity index (χ1) is 8.58. The van der Waals surface area contributed by atoms with Gasteiger partial charge in [-0.2, -0.15) is 0 Å². The van der Waals surface area contributed by atoms with Crippen molar-refractivity contribution in [1.29, 1.82) is 0 Å². The smallest absolute Gasteiger partial charge is 0.150 e. The molecule has 0 saturated heterocycles. The maximum Gasteiger partial charge on any atom is 0.150 e. The Bertz CT molecular complexity index is 301. The molecule has 0 amide bonds. The van der Waals surface area contributed by atoms with Crippen molar-refractivity contribution in [3.63, 3.8) is 0 Å². The second-order valence-corrected chi connectivity index (χ2v) is 5.04. The molecule has 1 aromatic rings. The SMILES string of the molecule is CC(C)CC(C)OCC(O)CNCc1ccno1. The molecular weight excluding hydrogens is 232 g/mol. The van der Waals surface area contributed by atoms with E-state index >= 15 is 0 Å². The van der Waals surface area contributed by atoms with E-state index in [4.69, 9.17) is 9.26 Å². The van der Waals surface area contributed by atoms with Gasteiger partial charge in [-0.05, 0) is 19.3 Å². The number of rotatable bonds is 9. The monoisotopic (exact) mass is 256 g/mol. The molecule has 0 fully saturated rings. The summed E-state index contributed by atoms with van der Waals surface area (Å²) in [5.41, 5.74) is 0. The molecule has 5 heteroatoms. The fourth-order valence-corrected chi connectivity index (χ4v) is 1.76. The third kappa shape index (κ3) is 6.74. The van der Waals surface area contributed by atoms with Crippen molar-refractivity contribution < 1.29 is 14.4 Å². The van der Waals surface area contributed by atoms with Crippen molar-refractivity contribution in [1.82, 2.24) is 10.5 Å². The van der Waals surface area contributed by atoms with Crippen molar-refractivity contribution in [3.8, 4) is 0 Å². The molecule has 0 aromatic carbocycles. The van der Waals surface area contributed by atoms with E-state index in [1.807, 2.05) is 6.92 Å². The van der Waals surface area contributed by atoms with Crippen LogP contribution in [0.5, 0.6) is 0 Å². The van der Waals surface area contributed by atoms with Gasteiger partial charge in [-0.1, -0.05) is 19.0 Å². The molecule has 1 rings (SSSR count). The topological polar surface area (TPSA) is 67.5 Å². The fraction of sp³-hybridized carbons (Fsp3) is 0.769. The summed E-state index contributed by atoms with van der Waals surface area (Å²) < 4.78 is 10.5. The van der Waals surface area contributed by atoms with Crippen LogP contribution in [-0.2, 0) is 11.3 Å². The van der Waals surface area contributed by atoms with E-state index in [9.17, 15) is 5.11 Å². The van der Waals surface area contributed by atoms with E-state index in [0.717, 1.165) is 12.2 Å². The molecule has 5 nitrogen and oxygen atoms in total. The van der Waals surface area contributed by atoms with Gasteiger partial charge >= 0.3 is 0 Å². The van der Waals surface area contributed by atoms with Crippen LogP contribution in [0.15, 0.2) is 16.8 Å². The lowest BCUT2D eigenvalue weighted by Gasteiger charge is -2.18. The first-order valence-electron chi connectivity index (χ1n) is 6.48. The van der Waals surface area contributed by atoms with Gasteiger partial charge in [-0.3, -0.25) is 0 Å². The predicted molar refractivity (Wildman–Crippen MR) is 69.1 cm³/mol. The molecule has 0 spiro atoms. The Balaban J connectivity index is 2.04. The zero-order chi connectivity index (χ0) is 13.4. The van der Waals surface area contributed by atoms with Crippen molar-refractivity contribution in [2.45, 2.75) is 45.9 Å². The number of aliphatic hydroxyl groups is 1. The molecule has 104 valence electrons. The lowest BCUT2D eigenvalue weighted by atomic mass is 10.1. The molecule has 0 aliphatic heterocycles. The van der Waals surface area contributed by atoms with Crippen LogP contribution < -0.4 is 5.32 Å². The van der Waals surface area contributed by atoms with E-state index in [1.165, 1.54) is 0 Å². The number of aromatic nitrogens is 1. The fourth-order valence-electron chi connectivity index (χ4n) is 1.76. The molecule has 18 heavy (non-hydrogen) atoms. The molecule has 0 radical (unpaired) electrons. The maximum atomic E-state index is 9.73. The first-order valence-corrected chi connectivity index (χ1v) is 6.48. The minimum atomic E-state index is -0.498. The summed E-state index contributed by atoms with van der Waals surface area (Å²) >= 11 is 0. The second kappa shape index (κ2) is 8.24. The highest BCUT2D eigenvalue weighted by atomic mass is 16.5. The Morgan fingerprint density at radius 2 is 2.22 bits per heavy atom. The van der Waals surface area contributed by atoms with Gasteiger partial charge in [0.2, 0.25) is 0 Å². The van der Waals surface area contributed by atoms with Crippen LogP contribution in [0.2, 0.25) is 0 Å². The van der Waals surface area contributed by atoms with Crippen molar-refractivity contribution >= 4 is 0 Å². The quantitative estimate of drug-likeness (QED) is 0.702.